The van der Waals surface area contributed by atoms with Crippen LogP contribution in [0.3, 0.4) is 0 Å². The molecule has 0 saturated carbocycles. The summed E-state index contributed by atoms with van der Waals surface area (Å²) < 4.78 is 11.7. The van der Waals surface area contributed by atoms with Gasteiger partial charge in [-0.1, -0.05) is 49.7 Å². The summed E-state index contributed by atoms with van der Waals surface area (Å²) in [4.78, 5) is 15.4. The molecule has 0 unspecified atom stereocenters. The first-order valence-corrected chi connectivity index (χ1v) is 13.4. The number of aryl methyl sites for hydroxylation is 1. The van der Waals surface area contributed by atoms with E-state index in [0.29, 0.717) is 16.7 Å². The molecule has 2 atom stereocenters. The number of piperidine rings is 3. The molecule has 0 aromatic heterocycles. The Morgan fingerprint density at radius 2 is 1.83 bits per heavy atom. The van der Waals surface area contributed by atoms with Gasteiger partial charge in [0.05, 0.1) is 17.2 Å². The zero-order valence-electron chi connectivity index (χ0n) is 21.3. The molecule has 6 rings (SSSR count). The van der Waals surface area contributed by atoms with Crippen LogP contribution in [0.25, 0.3) is 11.1 Å². The largest absolute Gasteiger partial charge is 0.489 e. The van der Waals surface area contributed by atoms with E-state index < -0.39 is 0 Å². The molecule has 3 saturated heterocycles. The van der Waals surface area contributed by atoms with E-state index >= 15 is 0 Å². The van der Waals surface area contributed by atoms with Crippen LogP contribution in [0.5, 0.6) is 5.75 Å². The Hall–Kier alpha value is -2.24. The zero-order valence-corrected chi connectivity index (χ0v) is 22.0. The first-order chi connectivity index (χ1) is 16.7. The maximum atomic E-state index is 13.0. The molecule has 1 amide bonds. The lowest BCUT2D eigenvalue weighted by Gasteiger charge is -2.44. The number of halogens is 1. The normalized spacial score (nSPS) is 26.8. The van der Waals surface area contributed by atoms with Crippen molar-refractivity contribution in [3.05, 3.63) is 52.5 Å². The number of carbonyl (C=O) groups is 1. The third kappa shape index (κ3) is 5.17. The van der Waals surface area contributed by atoms with Gasteiger partial charge in [0, 0.05) is 6.54 Å². The number of rotatable bonds is 5. The van der Waals surface area contributed by atoms with E-state index in [1.807, 2.05) is 26.0 Å². The zero-order chi connectivity index (χ0) is 24.7. The third-order valence-electron chi connectivity index (χ3n) is 8.02. The number of alkyl carbamates (subject to hydrolysis) is 1. The minimum absolute atomic E-state index is 0.0124. The van der Waals surface area contributed by atoms with Crippen molar-refractivity contribution in [3.63, 3.8) is 0 Å². The van der Waals surface area contributed by atoms with Gasteiger partial charge in [-0.15, -0.1) is 0 Å². The number of nitrogens with zero attached hydrogens (tertiary/aromatic N) is 1. The summed E-state index contributed by atoms with van der Waals surface area (Å²) in [7, 11) is 0. The molecule has 0 radical (unpaired) electrons. The Labute approximate surface area is 214 Å². The second-order valence-corrected chi connectivity index (χ2v) is 11.8. The maximum Gasteiger partial charge on any atom is 0.407 e. The highest BCUT2D eigenvalue weighted by Gasteiger charge is 2.40. The first kappa shape index (κ1) is 24.5. The second kappa shape index (κ2) is 9.67. The van der Waals surface area contributed by atoms with Gasteiger partial charge in [-0.25, -0.2) is 4.79 Å². The van der Waals surface area contributed by atoms with Gasteiger partial charge in [0.2, 0.25) is 0 Å². The summed E-state index contributed by atoms with van der Waals surface area (Å²) in [6.07, 6.45) is 4.04. The van der Waals surface area contributed by atoms with Crippen LogP contribution in [0.4, 0.5) is 4.79 Å². The first-order valence-electron chi connectivity index (χ1n) is 13.0. The second-order valence-electron chi connectivity index (χ2n) is 11.4. The van der Waals surface area contributed by atoms with Crippen molar-refractivity contribution < 1.29 is 14.3 Å². The SMILES string of the molecule is CC(C)Oc1ccc(-c2ccc3c(c2)CCC(C)(C)[C@H]3NC(=O)O[C@@H]2CN3CCC2CC3)cc1Cl. The van der Waals surface area contributed by atoms with Gasteiger partial charge in [0.15, 0.2) is 0 Å². The molecule has 35 heavy (non-hydrogen) atoms. The van der Waals surface area contributed by atoms with Crippen LogP contribution in [0.2, 0.25) is 5.02 Å². The van der Waals surface area contributed by atoms with E-state index in [1.54, 1.807) is 0 Å². The van der Waals surface area contributed by atoms with Gasteiger partial charge < -0.3 is 14.8 Å². The summed E-state index contributed by atoms with van der Waals surface area (Å²) in [5.74, 6) is 1.21. The Balaban J connectivity index is 1.34. The topological polar surface area (TPSA) is 50.8 Å². The van der Waals surface area contributed by atoms with Crippen molar-refractivity contribution in [2.75, 3.05) is 19.6 Å². The maximum absolute atomic E-state index is 13.0. The van der Waals surface area contributed by atoms with Gasteiger partial charge in [0.25, 0.3) is 0 Å². The van der Waals surface area contributed by atoms with Crippen LogP contribution in [0, 0.1) is 11.3 Å². The molecule has 3 aliphatic heterocycles. The number of nitrogens with one attached hydrogen (secondary N) is 1. The number of fused-ring (bicyclic) bond motifs is 4. The summed E-state index contributed by atoms with van der Waals surface area (Å²) in [5, 5.41) is 3.86. The summed E-state index contributed by atoms with van der Waals surface area (Å²) in [5.41, 5.74) is 4.58. The Kier molecular flexibility index (Phi) is 6.75. The van der Waals surface area contributed by atoms with Crippen LogP contribution >= 0.6 is 11.6 Å². The fourth-order valence-electron chi connectivity index (χ4n) is 5.94. The molecule has 2 aromatic rings. The van der Waals surface area contributed by atoms with Crippen molar-refractivity contribution in [2.24, 2.45) is 11.3 Å². The quantitative estimate of drug-likeness (QED) is 0.504. The van der Waals surface area contributed by atoms with E-state index in [1.165, 1.54) is 11.1 Å². The predicted octanol–water partition coefficient (Wildman–Crippen LogP) is 6.63. The minimum atomic E-state index is -0.286. The van der Waals surface area contributed by atoms with Crippen molar-refractivity contribution in [1.82, 2.24) is 10.2 Å². The smallest absolute Gasteiger partial charge is 0.407 e. The molecule has 0 spiro atoms. The van der Waals surface area contributed by atoms with Crippen LogP contribution in [0.15, 0.2) is 36.4 Å². The van der Waals surface area contributed by atoms with Gasteiger partial charge in [-0.2, -0.15) is 0 Å². The molecular formula is C29H37ClN2O3. The Morgan fingerprint density at radius 3 is 2.49 bits per heavy atom. The Morgan fingerprint density at radius 1 is 1.11 bits per heavy atom. The monoisotopic (exact) mass is 496 g/mol. The number of benzene rings is 2. The molecule has 2 bridgehead atoms. The van der Waals surface area contributed by atoms with E-state index in [2.05, 4.69) is 48.3 Å². The average Bonchev–Trinajstić information content (AvgIpc) is 2.82. The highest BCUT2D eigenvalue weighted by atomic mass is 35.5. The van der Waals surface area contributed by atoms with Crippen molar-refractivity contribution >= 4 is 17.7 Å². The van der Waals surface area contributed by atoms with Gasteiger partial charge in [0.1, 0.15) is 11.9 Å². The average molecular weight is 497 g/mol. The van der Waals surface area contributed by atoms with E-state index in [4.69, 9.17) is 21.1 Å². The molecular weight excluding hydrogens is 460 g/mol. The minimum Gasteiger partial charge on any atom is -0.489 e. The van der Waals surface area contributed by atoms with E-state index in [-0.39, 0.29) is 29.8 Å². The number of hydrogen-bond acceptors (Lipinski definition) is 4. The van der Waals surface area contributed by atoms with Crippen LogP contribution < -0.4 is 10.1 Å². The van der Waals surface area contributed by atoms with Crippen LogP contribution in [-0.4, -0.2) is 42.8 Å². The van der Waals surface area contributed by atoms with E-state index in [9.17, 15) is 4.79 Å². The van der Waals surface area contributed by atoms with Crippen molar-refractivity contribution in [1.29, 1.82) is 0 Å². The van der Waals surface area contributed by atoms with Crippen LogP contribution in [0.1, 0.15) is 64.1 Å². The molecule has 5 nitrogen and oxygen atoms in total. The molecule has 1 aliphatic carbocycles. The third-order valence-corrected chi connectivity index (χ3v) is 8.31. The van der Waals surface area contributed by atoms with Gasteiger partial charge in [-0.3, -0.25) is 4.90 Å². The fraction of sp³-hybridized carbons (Fsp3) is 0.552. The molecule has 188 valence electrons. The van der Waals surface area contributed by atoms with Crippen LogP contribution in [-0.2, 0) is 11.2 Å². The molecule has 3 heterocycles. The molecule has 4 aliphatic rings. The van der Waals surface area contributed by atoms with E-state index in [0.717, 1.165) is 56.4 Å². The highest BCUT2D eigenvalue weighted by Crippen LogP contribution is 2.45. The molecule has 3 fully saturated rings. The number of carbonyl (C=O) groups excluding carboxylic acids is 1. The lowest BCUT2D eigenvalue weighted by atomic mass is 9.70. The predicted molar refractivity (Wildman–Crippen MR) is 140 cm³/mol. The highest BCUT2D eigenvalue weighted by molar-refractivity contribution is 6.32. The molecule has 2 aromatic carbocycles. The summed E-state index contributed by atoms with van der Waals surface area (Å²) in [6.45, 7) is 11.6. The fourth-order valence-corrected chi connectivity index (χ4v) is 6.17. The van der Waals surface area contributed by atoms with Crippen molar-refractivity contribution in [3.8, 4) is 16.9 Å². The lowest BCUT2D eigenvalue weighted by Crippen LogP contribution is -2.53. The number of ether oxygens (including phenoxy) is 2. The van der Waals surface area contributed by atoms with Crippen molar-refractivity contribution in [2.45, 2.75) is 71.6 Å². The van der Waals surface area contributed by atoms with Gasteiger partial charge in [-0.05, 0) is 98.3 Å². The molecule has 1 N–H and O–H groups in total. The number of hydrogen-bond donors (Lipinski definition) is 1. The standard InChI is InChI=1S/C29H37ClN2O3/c1-18(2)34-25-8-6-21(16-24(25)30)20-5-7-23-22(15-20)9-12-29(3,4)27(23)31-28(33)35-26-17-32-13-10-19(26)11-14-32/h5-8,15-16,18-19,26-27H,9-14,17H2,1-4H3,(H,31,33)/t26-,27+/m1/s1. The number of amides is 1. The van der Waals surface area contributed by atoms with Gasteiger partial charge >= 0.3 is 6.09 Å². The Bertz CT molecular complexity index is 1090. The summed E-state index contributed by atoms with van der Waals surface area (Å²) >= 11 is 6.50. The molecule has 6 heteroatoms. The lowest BCUT2D eigenvalue weighted by molar-refractivity contribution is -0.0353. The summed E-state index contributed by atoms with van der Waals surface area (Å²) in [6, 6.07) is 12.4.